The largest absolute Gasteiger partial charge is 0.364 e. The molecular weight excluding hydrogens is 156 g/mol. The van der Waals surface area contributed by atoms with Gasteiger partial charge in [-0.15, -0.1) is 0 Å². The topological polar surface area (TPSA) is 53.5 Å². The fourth-order valence-electron chi connectivity index (χ4n) is 1.42. The van der Waals surface area contributed by atoms with E-state index in [1.165, 1.54) is 0 Å². The number of hydrogen-bond donors (Lipinski definition) is 3. The van der Waals surface area contributed by atoms with Gasteiger partial charge in [-0.05, 0) is 13.8 Å². The van der Waals surface area contributed by atoms with Crippen molar-refractivity contribution in [3.05, 3.63) is 0 Å². The lowest BCUT2D eigenvalue weighted by Gasteiger charge is -2.36. The van der Waals surface area contributed by atoms with E-state index in [9.17, 15) is 5.11 Å². The van der Waals surface area contributed by atoms with Crippen LogP contribution >= 0.6 is 0 Å². The van der Waals surface area contributed by atoms with Crippen LogP contribution in [0.5, 0.6) is 0 Å². The average Bonchev–Trinajstić information content (AvgIpc) is 2.06. The first-order valence-electron chi connectivity index (χ1n) is 4.47. The SMILES string of the molecule is CCOC(C)(O)C1CNCCN1. The summed E-state index contributed by atoms with van der Waals surface area (Å²) in [6, 6.07) is -0.00815. The van der Waals surface area contributed by atoms with Crippen LogP contribution < -0.4 is 10.6 Å². The first-order valence-corrected chi connectivity index (χ1v) is 4.47. The number of hydrogen-bond acceptors (Lipinski definition) is 4. The molecule has 4 nitrogen and oxygen atoms in total. The van der Waals surface area contributed by atoms with Crippen LogP contribution in [0.2, 0.25) is 0 Å². The lowest BCUT2D eigenvalue weighted by Crippen LogP contribution is -2.60. The smallest absolute Gasteiger partial charge is 0.179 e. The Labute approximate surface area is 73.3 Å². The molecule has 1 aliphatic heterocycles. The third-order valence-corrected chi connectivity index (χ3v) is 2.12. The molecule has 0 aromatic carbocycles. The zero-order valence-electron chi connectivity index (χ0n) is 7.76. The zero-order valence-corrected chi connectivity index (χ0v) is 7.76. The Morgan fingerprint density at radius 1 is 1.58 bits per heavy atom. The highest BCUT2D eigenvalue weighted by Crippen LogP contribution is 2.12. The van der Waals surface area contributed by atoms with Crippen LogP contribution in [0, 0.1) is 0 Å². The minimum Gasteiger partial charge on any atom is -0.364 e. The summed E-state index contributed by atoms with van der Waals surface area (Å²) in [4.78, 5) is 0. The predicted molar refractivity (Wildman–Crippen MR) is 46.9 cm³/mol. The lowest BCUT2D eigenvalue weighted by molar-refractivity contribution is -0.207. The molecule has 1 saturated heterocycles. The van der Waals surface area contributed by atoms with E-state index in [1.807, 2.05) is 6.92 Å². The molecule has 4 heteroatoms. The van der Waals surface area contributed by atoms with E-state index >= 15 is 0 Å². The number of ether oxygens (including phenoxy) is 1. The lowest BCUT2D eigenvalue weighted by atomic mass is 10.1. The fraction of sp³-hybridized carbons (Fsp3) is 1.00. The van der Waals surface area contributed by atoms with Crippen molar-refractivity contribution in [2.45, 2.75) is 25.7 Å². The van der Waals surface area contributed by atoms with Gasteiger partial charge in [-0.1, -0.05) is 0 Å². The zero-order chi connectivity index (χ0) is 9.03. The average molecular weight is 174 g/mol. The fourth-order valence-corrected chi connectivity index (χ4v) is 1.42. The van der Waals surface area contributed by atoms with E-state index in [0.717, 1.165) is 19.6 Å². The van der Waals surface area contributed by atoms with Gasteiger partial charge in [-0.3, -0.25) is 0 Å². The third-order valence-electron chi connectivity index (χ3n) is 2.12. The summed E-state index contributed by atoms with van der Waals surface area (Å²) in [5, 5.41) is 16.2. The van der Waals surface area contributed by atoms with Gasteiger partial charge in [0.1, 0.15) is 0 Å². The minimum atomic E-state index is -1.05. The molecule has 1 aliphatic rings. The molecule has 12 heavy (non-hydrogen) atoms. The van der Waals surface area contributed by atoms with Gasteiger partial charge in [-0.2, -0.15) is 0 Å². The van der Waals surface area contributed by atoms with Crippen molar-refractivity contribution >= 4 is 0 Å². The number of rotatable bonds is 3. The second-order valence-electron chi connectivity index (χ2n) is 3.20. The van der Waals surface area contributed by atoms with Crippen molar-refractivity contribution in [3.8, 4) is 0 Å². The van der Waals surface area contributed by atoms with Crippen LogP contribution in [0.25, 0.3) is 0 Å². The Morgan fingerprint density at radius 3 is 2.83 bits per heavy atom. The van der Waals surface area contributed by atoms with Crippen LogP contribution in [-0.4, -0.2) is 43.2 Å². The molecule has 0 radical (unpaired) electrons. The maximum absolute atomic E-state index is 9.81. The van der Waals surface area contributed by atoms with Crippen molar-refractivity contribution in [1.82, 2.24) is 10.6 Å². The highest BCUT2D eigenvalue weighted by atomic mass is 16.6. The highest BCUT2D eigenvalue weighted by molar-refractivity contribution is 4.85. The second kappa shape index (κ2) is 4.18. The number of nitrogens with one attached hydrogen (secondary N) is 2. The van der Waals surface area contributed by atoms with E-state index in [2.05, 4.69) is 10.6 Å². The highest BCUT2D eigenvalue weighted by Gasteiger charge is 2.32. The Bertz CT molecular complexity index is 133. The molecule has 3 N–H and O–H groups in total. The van der Waals surface area contributed by atoms with Crippen LogP contribution in [-0.2, 0) is 4.74 Å². The number of aliphatic hydroxyl groups is 1. The third kappa shape index (κ3) is 2.42. The molecule has 0 bridgehead atoms. The normalized spacial score (nSPS) is 29.8. The Morgan fingerprint density at radius 2 is 2.33 bits per heavy atom. The predicted octanol–water partition coefficient (Wildman–Crippen LogP) is -0.707. The maximum Gasteiger partial charge on any atom is 0.179 e. The quantitative estimate of drug-likeness (QED) is 0.495. The van der Waals surface area contributed by atoms with Gasteiger partial charge >= 0.3 is 0 Å². The molecule has 2 atom stereocenters. The molecule has 1 fully saturated rings. The molecule has 0 aromatic heterocycles. The summed E-state index contributed by atoms with van der Waals surface area (Å²) in [5.41, 5.74) is 0. The van der Waals surface area contributed by atoms with E-state index in [-0.39, 0.29) is 6.04 Å². The van der Waals surface area contributed by atoms with Gasteiger partial charge in [0.15, 0.2) is 5.79 Å². The van der Waals surface area contributed by atoms with E-state index in [1.54, 1.807) is 6.92 Å². The van der Waals surface area contributed by atoms with Crippen molar-refractivity contribution < 1.29 is 9.84 Å². The minimum absolute atomic E-state index is 0.00815. The summed E-state index contributed by atoms with van der Waals surface area (Å²) in [6.07, 6.45) is 0. The summed E-state index contributed by atoms with van der Waals surface area (Å²) in [5.74, 6) is -1.05. The van der Waals surface area contributed by atoms with Gasteiger partial charge in [0.05, 0.1) is 6.04 Å². The maximum atomic E-state index is 9.81. The van der Waals surface area contributed by atoms with E-state index in [0.29, 0.717) is 6.61 Å². The van der Waals surface area contributed by atoms with Gasteiger partial charge in [0, 0.05) is 26.2 Å². The standard InChI is InChI=1S/C8H18N2O2/c1-3-12-8(2,11)7-6-9-4-5-10-7/h7,9-11H,3-6H2,1-2H3. The van der Waals surface area contributed by atoms with Gasteiger partial charge in [0.2, 0.25) is 0 Å². The number of piperazine rings is 1. The van der Waals surface area contributed by atoms with Gasteiger partial charge in [0.25, 0.3) is 0 Å². The molecular formula is C8H18N2O2. The molecule has 1 rings (SSSR count). The Balaban J connectivity index is 2.41. The van der Waals surface area contributed by atoms with Gasteiger partial charge in [-0.25, -0.2) is 0 Å². The molecule has 0 saturated carbocycles. The molecule has 1 heterocycles. The van der Waals surface area contributed by atoms with Crippen LogP contribution in [0.1, 0.15) is 13.8 Å². The first kappa shape index (κ1) is 9.92. The molecule has 0 aliphatic carbocycles. The second-order valence-corrected chi connectivity index (χ2v) is 3.20. The summed E-state index contributed by atoms with van der Waals surface area (Å²) < 4.78 is 5.22. The van der Waals surface area contributed by atoms with Gasteiger partial charge < -0.3 is 20.5 Å². The monoisotopic (exact) mass is 174 g/mol. The molecule has 0 spiro atoms. The van der Waals surface area contributed by atoms with Crippen LogP contribution in [0.15, 0.2) is 0 Å². The summed E-state index contributed by atoms with van der Waals surface area (Å²) in [6.45, 7) is 6.71. The van der Waals surface area contributed by atoms with E-state index < -0.39 is 5.79 Å². The molecule has 0 amide bonds. The Kier molecular flexibility index (Phi) is 3.46. The van der Waals surface area contributed by atoms with Crippen LogP contribution in [0.3, 0.4) is 0 Å². The molecule has 2 unspecified atom stereocenters. The van der Waals surface area contributed by atoms with Crippen molar-refractivity contribution in [2.24, 2.45) is 0 Å². The summed E-state index contributed by atoms with van der Waals surface area (Å²) in [7, 11) is 0. The van der Waals surface area contributed by atoms with Crippen LogP contribution in [0.4, 0.5) is 0 Å². The Hall–Kier alpha value is -0.160. The summed E-state index contributed by atoms with van der Waals surface area (Å²) >= 11 is 0. The first-order chi connectivity index (χ1) is 5.67. The molecule has 72 valence electrons. The van der Waals surface area contributed by atoms with Crippen molar-refractivity contribution in [1.29, 1.82) is 0 Å². The molecule has 0 aromatic rings. The van der Waals surface area contributed by atoms with Crippen molar-refractivity contribution in [2.75, 3.05) is 26.2 Å². The van der Waals surface area contributed by atoms with E-state index in [4.69, 9.17) is 4.74 Å². The van der Waals surface area contributed by atoms with Crippen molar-refractivity contribution in [3.63, 3.8) is 0 Å².